The number of carbonyl (C=O) groups excluding carboxylic acids is 1. The summed E-state index contributed by atoms with van der Waals surface area (Å²) in [4.78, 5) is 25.4. The third kappa shape index (κ3) is 7.35. The molecule has 54 heavy (non-hydrogen) atoms. The molecule has 4 aliphatic rings. The van der Waals surface area contributed by atoms with E-state index >= 15 is 0 Å². The number of fused-ring (bicyclic) bond motifs is 5. The minimum Gasteiger partial charge on any atom is -0.490 e. The Hall–Kier alpha value is -4.04. The molecule has 2 aliphatic carbocycles. The summed E-state index contributed by atoms with van der Waals surface area (Å²) < 4.78 is 42.3. The minimum absolute atomic E-state index is 0.0397. The van der Waals surface area contributed by atoms with Crippen molar-refractivity contribution in [3.05, 3.63) is 82.8 Å². The van der Waals surface area contributed by atoms with Gasteiger partial charge in [-0.25, -0.2) is 14.2 Å². The quantitative estimate of drug-likeness (QED) is 0.209. The molecule has 2 bridgehead atoms. The van der Waals surface area contributed by atoms with Gasteiger partial charge < -0.3 is 19.1 Å². The van der Waals surface area contributed by atoms with E-state index in [1.807, 2.05) is 25.1 Å². The zero-order chi connectivity index (χ0) is 37.5. The van der Waals surface area contributed by atoms with E-state index in [1.165, 1.54) is 17.5 Å². The maximum atomic E-state index is 14.9. The number of halogens is 1. The number of hydrogen-bond donors (Lipinski definition) is 1. The molecule has 2 aromatic carbocycles. The van der Waals surface area contributed by atoms with Crippen LogP contribution >= 0.6 is 11.6 Å². The highest BCUT2D eigenvalue weighted by Crippen LogP contribution is 2.47. The Labute approximate surface area is 321 Å². The van der Waals surface area contributed by atoms with E-state index in [9.17, 15) is 9.00 Å². The van der Waals surface area contributed by atoms with E-state index < -0.39 is 15.8 Å². The smallest absolute Gasteiger partial charge is 0.286 e. The molecule has 4 heterocycles. The van der Waals surface area contributed by atoms with Crippen LogP contribution in [0.3, 0.4) is 0 Å². The van der Waals surface area contributed by atoms with Crippen molar-refractivity contribution in [2.75, 3.05) is 55.9 Å². The van der Waals surface area contributed by atoms with Crippen molar-refractivity contribution in [1.82, 2.24) is 19.7 Å². The lowest BCUT2D eigenvalue weighted by Crippen LogP contribution is -2.49. The van der Waals surface area contributed by atoms with Crippen molar-refractivity contribution in [1.29, 1.82) is 0 Å². The molecule has 1 N–H and O–H groups in total. The van der Waals surface area contributed by atoms with Gasteiger partial charge in [0, 0.05) is 49.5 Å². The fourth-order valence-electron chi connectivity index (χ4n) is 8.78. The van der Waals surface area contributed by atoms with Gasteiger partial charge in [0.15, 0.2) is 11.5 Å². The number of allylic oxidation sites excluding steroid dienone is 1. The predicted molar refractivity (Wildman–Crippen MR) is 211 cm³/mol. The molecular weight excluding hydrogens is 726 g/mol. The number of rotatable bonds is 6. The van der Waals surface area contributed by atoms with Crippen LogP contribution in [0.4, 0.5) is 11.5 Å². The number of nitrogens with one attached hydrogen (secondary N) is 1. The third-order valence-corrected chi connectivity index (χ3v) is 13.9. The first-order chi connectivity index (χ1) is 26.2. The fourth-order valence-corrected chi connectivity index (χ4v) is 10.9. The van der Waals surface area contributed by atoms with Crippen LogP contribution in [0.15, 0.2) is 65.4 Å². The second kappa shape index (κ2) is 15.2. The Balaban J connectivity index is 1.20. The average molecular weight is 774 g/mol. The predicted octanol–water partition coefficient (Wildman–Crippen LogP) is 6.87. The summed E-state index contributed by atoms with van der Waals surface area (Å²) in [6, 6.07) is 11.8. The first kappa shape index (κ1) is 36.9. The van der Waals surface area contributed by atoms with E-state index in [2.05, 4.69) is 53.3 Å². The number of aryl methyl sites for hydroxylation is 1. The second-order valence-electron chi connectivity index (χ2n) is 15.4. The Kier molecular flexibility index (Phi) is 10.4. The van der Waals surface area contributed by atoms with E-state index in [0.717, 1.165) is 61.7 Å². The van der Waals surface area contributed by atoms with Gasteiger partial charge >= 0.3 is 0 Å². The van der Waals surface area contributed by atoms with Crippen LogP contribution in [0.5, 0.6) is 5.75 Å². The highest BCUT2D eigenvalue weighted by Gasteiger charge is 2.44. The number of anilines is 2. The molecule has 2 aromatic heterocycles. The molecule has 1 saturated carbocycles. The first-order valence-corrected chi connectivity index (χ1v) is 21.0. The maximum Gasteiger partial charge on any atom is 0.286 e. The number of carbonyl (C=O) groups is 1. The summed E-state index contributed by atoms with van der Waals surface area (Å²) in [6.45, 7) is 5.05. The Morgan fingerprint density at radius 2 is 2.04 bits per heavy atom. The van der Waals surface area contributed by atoms with Crippen LogP contribution in [0.2, 0.25) is 5.02 Å². The topological polar surface area (TPSA) is 133 Å². The van der Waals surface area contributed by atoms with Crippen LogP contribution in [0.1, 0.15) is 60.5 Å². The van der Waals surface area contributed by atoms with Crippen molar-refractivity contribution in [2.45, 2.75) is 63.5 Å². The molecule has 8 rings (SSSR count). The lowest BCUT2D eigenvalue weighted by molar-refractivity contribution is 0.0131. The fraction of sp³-hybridized carbons (Fsp3) is 0.500. The number of nitrogens with zero attached hydrogens (tertiary/aromatic N) is 6. The molecule has 1 spiro atoms. The molecule has 0 radical (unpaired) electrons. The van der Waals surface area contributed by atoms with Gasteiger partial charge in [-0.15, -0.1) is 4.36 Å². The van der Waals surface area contributed by atoms with Crippen LogP contribution < -0.4 is 14.4 Å². The summed E-state index contributed by atoms with van der Waals surface area (Å²) in [6.07, 6.45) is 13.2. The minimum atomic E-state index is -3.39. The second-order valence-corrected chi connectivity index (χ2v) is 17.8. The van der Waals surface area contributed by atoms with Gasteiger partial charge in [-0.1, -0.05) is 36.7 Å². The Morgan fingerprint density at radius 1 is 1.15 bits per heavy atom. The molecule has 12 nitrogen and oxygen atoms in total. The van der Waals surface area contributed by atoms with Gasteiger partial charge in [0.1, 0.15) is 22.0 Å². The highest BCUT2D eigenvalue weighted by atomic mass is 35.5. The molecule has 1 unspecified atom stereocenters. The lowest BCUT2D eigenvalue weighted by atomic mass is 9.68. The molecule has 6 atom stereocenters. The Morgan fingerprint density at radius 3 is 2.85 bits per heavy atom. The molecular formula is C40H48ClN7O5S. The molecule has 286 valence electrons. The summed E-state index contributed by atoms with van der Waals surface area (Å²) in [7, 11) is 0.0210. The van der Waals surface area contributed by atoms with Crippen molar-refractivity contribution < 1.29 is 23.2 Å². The maximum absolute atomic E-state index is 14.9. The SMILES string of the molecule is COCCn1cc2c(NS3(=O)=NC(=O)c4ccc5c(c4)N(C[C@@H]4CC[C@H]4[C@@H](OC)/C=C\C[C@H](C)C3)C[C@@]3(CCCc4cc(Cl)ccc43)CO5)ncnc2n1. The largest absolute Gasteiger partial charge is 0.490 e. The van der Waals surface area contributed by atoms with Crippen LogP contribution in [0, 0.1) is 17.8 Å². The van der Waals surface area contributed by atoms with Crippen LogP contribution in [-0.4, -0.2) is 82.2 Å². The van der Waals surface area contributed by atoms with Crippen molar-refractivity contribution in [3.63, 3.8) is 0 Å². The zero-order valence-electron chi connectivity index (χ0n) is 31.1. The van der Waals surface area contributed by atoms with Gasteiger partial charge in [-0.3, -0.25) is 14.2 Å². The Bertz CT molecular complexity index is 2200. The molecule has 14 heteroatoms. The number of benzene rings is 2. The van der Waals surface area contributed by atoms with Gasteiger partial charge in [0.25, 0.3) is 5.91 Å². The van der Waals surface area contributed by atoms with Crippen LogP contribution in [0.25, 0.3) is 11.0 Å². The van der Waals surface area contributed by atoms with E-state index in [1.54, 1.807) is 31.2 Å². The zero-order valence-corrected chi connectivity index (χ0v) is 32.7. The van der Waals surface area contributed by atoms with E-state index in [0.29, 0.717) is 60.4 Å². The monoisotopic (exact) mass is 773 g/mol. The van der Waals surface area contributed by atoms with Gasteiger partial charge in [-0.05, 0) is 97.7 Å². The number of ether oxygens (including phenoxy) is 3. The standard InChI is InChI=1S/C40H48ClN7O5S/c1-26-6-4-8-35(52-3)31-12-9-29(31)20-47-23-40(15-5-7-27-18-30(41)11-13-33(27)40)24-53-36-14-10-28(19-34(36)47)39(49)46-54(50,22-26)45-38-32-21-48(16-17-51-2)44-37(32)42-25-43-38/h4,8,10-11,13-14,18-19,21,25-26,29,31,35H,5-7,9,12,15-17,20,22-24H2,1-3H3,(H,42,43,44,45,46,49,50)/b8-4-/t26-,29-,31+,35-,40-,54?/m0/s1. The van der Waals surface area contributed by atoms with Gasteiger partial charge in [0.2, 0.25) is 0 Å². The van der Waals surface area contributed by atoms with Crippen molar-refractivity contribution in [2.24, 2.45) is 22.1 Å². The molecule has 0 saturated heterocycles. The third-order valence-electron chi connectivity index (χ3n) is 11.7. The summed E-state index contributed by atoms with van der Waals surface area (Å²) in [5, 5.41) is 5.85. The van der Waals surface area contributed by atoms with E-state index in [4.69, 9.17) is 25.8 Å². The summed E-state index contributed by atoms with van der Waals surface area (Å²) >= 11 is 6.48. The lowest BCUT2D eigenvalue weighted by Gasteiger charge is -2.46. The number of amides is 1. The molecule has 1 fully saturated rings. The number of hydrogen-bond acceptors (Lipinski definition) is 9. The summed E-state index contributed by atoms with van der Waals surface area (Å²) in [5.41, 5.74) is 3.96. The van der Waals surface area contributed by atoms with Crippen molar-refractivity contribution in [3.8, 4) is 5.75 Å². The number of aromatic nitrogens is 4. The van der Waals surface area contributed by atoms with Crippen LogP contribution in [-0.2, 0) is 37.8 Å². The van der Waals surface area contributed by atoms with Gasteiger partial charge in [0.05, 0.1) is 42.7 Å². The van der Waals surface area contributed by atoms with E-state index in [-0.39, 0.29) is 23.2 Å². The summed E-state index contributed by atoms with van der Waals surface area (Å²) in [5.74, 6) is 1.25. The molecule has 4 aromatic rings. The average Bonchev–Trinajstić information content (AvgIpc) is 3.50. The molecule has 1 amide bonds. The molecule has 2 aliphatic heterocycles. The normalized spacial score (nSPS) is 29.0. The first-order valence-electron chi connectivity index (χ1n) is 18.9. The highest BCUT2D eigenvalue weighted by molar-refractivity contribution is 7.95. The number of methoxy groups -OCH3 is 2. The van der Waals surface area contributed by atoms with Crippen molar-refractivity contribution >= 4 is 50.0 Å². The van der Waals surface area contributed by atoms with Gasteiger partial charge in [-0.2, -0.15) is 5.10 Å².